The van der Waals surface area contributed by atoms with Gasteiger partial charge >= 0.3 is 5.97 Å². The molecule has 0 radical (unpaired) electrons. The van der Waals surface area contributed by atoms with E-state index >= 15 is 0 Å². The van der Waals surface area contributed by atoms with Gasteiger partial charge in [0.1, 0.15) is 0 Å². The smallest absolute Gasteiger partial charge is 0.313 e. The molecule has 0 atom stereocenters. The molecule has 0 bridgehead atoms. The minimum Gasteiger partial charge on any atom is -0.493 e. The number of rotatable bonds is 10. The Kier molecular flexibility index (Phi) is 8.00. The van der Waals surface area contributed by atoms with Gasteiger partial charge in [0.05, 0.1) is 20.0 Å². The molecule has 2 aromatic carbocycles. The van der Waals surface area contributed by atoms with Gasteiger partial charge in [-0.1, -0.05) is 18.2 Å². The molecule has 0 saturated carbocycles. The van der Waals surface area contributed by atoms with Crippen molar-refractivity contribution in [2.75, 3.05) is 25.3 Å². The Morgan fingerprint density at radius 1 is 1.04 bits per heavy atom. The lowest BCUT2D eigenvalue weighted by atomic mass is 10.1. The van der Waals surface area contributed by atoms with Crippen LogP contribution < -0.4 is 14.8 Å². The molecular formula is C20H23NO5S. The number of hydrogen-bond donors (Lipinski definition) is 2. The lowest BCUT2D eigenvalue weighted by Crippen LogP contribution is -2.12. The van der Waals surface area contributed by atoms with Crippen molar-refractivity contribution >= 4 is 29.3 Å². The van der Waals surface area contributed by atoms with Crippen molar-refractivity contribution in [2.24, 2.45) is 0 Å². The number of aryl methyl sites for hydroxylation is 1. The quantitative estimate of drug-likeness (QED) is 0.646. The van der Waals surface area contributed by atoms with Crippen molar-refractivity contribution in [3.63, 3.8) is 0 Å². The standard InChI is InChI=1S/C20H23NO5S/c1-25-17-8-6-14(11-18(17)26-2)7-9-19(22)21-16-5-3-4-15(10-16)12-27-13-20(23)24/h3-6,8,10-11H,7,9,12-13H2,1-2H3,(H,21,22)(H,23,24). The molecule has 2 rings (SSSR count). The first kappa shape index (κ1) is 20.6. The first-order valence-electron chi connectivity index (χ1n) is 8.41. The van der Waals surface area contributed by atoms with Crippen molar-refractivity contribution in [2.45, 2.75) is 18.6 Å². The van der Waals surface area contributed by atoms with E-state index in [4.69, 9.17) is 14.6 Å². The maximum absolute atomic E-state index is 12.2. The molecule has 0 saturated heterocycles. The Bertz CT molecular complexity index is 794. The molecule has 0 heterocycles. The first-order chi connectivity index (χ1) is 13.0. The highest BCUT2D eigenvalue weighted by atomic mass is 32.2. The number of nitrogens with one attached hydrogen (secondary N) is 1. The van der Waals surface area contributed by atoms with Gasteiger partial charge in [0.15, 0.2) is 11.5 Å². The van der Waals surface area contributed by atoms with E-state index in [-0.39, 0.29) is 11.7 Å². The third-order valence-corrected chi connectivity index (χ3v) is 4.78. The summed E-state index contributed by atoms with van der Waals surface area (Å²) in [6, 6.07) is 13.0. The lowest BCUT2D eigenvalue weighted by Gasteiger charge is -2.10. The second kappa shape index (κ2) is 10.5. The highest BCUT2D eigenvalue weighted by Crippen LogP contribution is 2.28. The van der Waals surface area contributed by atoms with E-state index in [2.05, 4.69) is 5.32 Å². The van der Waals surface area contributed by atoms with Crippen LogP contribution in [-0.2, 0) is 21.8 Å². The Morgan fingerprint density at radius 3 is 2.52 bits per heavy atom. The molecule has 0 fully saturated rings. The summed E-state index contributed by atoms with van der Waals surface area (Å²) in [7, 11) is 3.16. The zero-order valence-electron chi connectivity index (χ0n) is 15.4. The SMILES string of the molecule is COc1ccc(CCC(=O)Nc2cccc(CSCC(=O)O)c2)cc1OC. The van der Waals surface area contributed by atoms with Crippen LogP contribution in [0.3, 0.4) is 0 Å². The van der Waals surface area contributed by atoms with Crippen LogP contribution in [0.25, 0.3) is 0 Å². The predicted molar refractivity (Wildman–Crippen MR) is 107 cm³/mol. The molecule has 0 aliphatic carbocycles. The molecule has 2 N–H and O–H groups in total. The number of ether oxygens (including phenoxy) is 2. The lowest BCUT2D eigenvalue weighted by molar-refractivity contribution is -0.133. The second-order valence-corrected chi connectivity index (χ2v) is 6.81. The highest BCUT2D eigenvalue weighted by Gasteiger charge is 2.08. The van der Waals surface area contributed by atoms with Gasteiger partial charge in [0, 0.05) is 17.9 Å². The number of anilines is 1. The number of benzene rings is 2. The number of carboxylic acids is 1. The first-order valence-corrected chi connectivity index (χ1v) is 9.56. The molecule has 27 heavy (non-hydrogen) atoms. The largest absolute Gasteiger partial charge is 0.493 e. The average Bonchev–Trinajstić information content (AvgIpc) is 2.66. The van der Waals surface area contributed by atoms with Crippen LogP contribution in [0.15, 0.2) is 42.5 Å². The normalized spacial score (nSPS) is 10.3. The summed E-state index contributed by atoms with van der Waals surface area (Å²) < 4.78 is 10.5. The molecule has 0 aliphatic rings. The van der Waals surface area contributed by atoms with Gasteiger partial charge in [-0.2, -0.15) is 0 Å². The van der Waals surface area contributed by atoms with E-state index in [1.807, 2.05) is 42.5 Å². The molecule has 7 heteroatoms. The maximum atomic E-state index is 12.2. The van der Waals surface area contributed by atoms with Gasteiger partial charge in [-0.3, -0.25) is 9.59 Å². The molecule has 2 aromatic rings. The summed E-state index contributed by atoms with van der Waals surface area (Å²) in [5, 5.41) is 11.6. The van der Waals surface area contributed by atoms with Crippen molar-refractivity contribution in [3.05, 3.63) is 53.6 Å². The highest BCUT2D eigenvalue weighted by molar-refractivity contribution is 7.99. The van der Waals surface area contributed by atoms with Crippen molar-refractivity contribution < 1.29 is 24.2 Å². The van der Waals surface area contributed by atoms with E-state index < -0.39 is 5.97 Å². The number of carbonyl (C=O) groups is 2. The Hall–Kier alpha value is -2.67. The number of carboxylic acid groups (broad SMARTS) is 1. The van der Waals surface area contributed by atoms with E-state index in [1.165, 1.54) is 11.8 Å². The van der Waals surface area contributed by atoms with Crippen LogP contribution in [0.1, 0.15) is 17.5 Å². The van der Waals surface area contributed by atoms with E-state index in [9.17, 15) is 9.59 Å². The molecule has 6 nitrogen and oxygen atoms in total. The van der Waals surface area contributed by atoms with Gasteiger partial charge in [0.25, 0.3) is 0 Å². The Labute approximate surface area is 162 Å². The summed E-state index contributed by atoms with van der Waals surface area (Å²) >= 11 is 1.32. The second-order valence-electron chi connectivity index (χ2n) is 5.82. The van der Waals surface area contributed by atoms with Crippen LogP contribution in [-0.4, -0.2) is 37.0 Å². The van der Waals surface area contributed by atoms with Gasteiger partial charge in [-0.25, -0.2) is 0 Å². The number of aliphatic carboxylic acids is 1. The summed E-state index contributed by atoms with van der Waals surface area (Å²) in [4.78, 5) is 22.8. The fourth-order valence-electron chi connectivity index (χ4n) is 2.51. The molecule has 0 unspecified atom stereocenters. The number of carbonyl (C=O) groups excluding carboxylic acids is 1. The summed E-state index contributed by atoms with van der Waals surface area (Å²) in [5.41, 5.74) is 2.67. The van der Waals surface area contributed by atoms with Gasteiger partial charge < -0.3 is 19.9 Å². The third-order valence-electron chi connectivity index (χ3n) is 3.79. The third kappa shape index (κ3) is 6.86. The van der Waals surface area contributed by atoms with Crippen LogP contribution in [0.2, 0.25) is 0 Å². The summed E-state index contributed by atoms with van der Waals surface area (Å²) in [6.07, 6.45) is 0.924. The number of methoxy groups -OCH3 is 2. The number of thioether (sulfide) groups is 1. The molecule has 144 valence electrons. The Morgan fingerprint density at radius 2 is 1.81 bits per heavy atom. The monoisotopic (exact) mass is 389 g/mol. The average molecular weight is 389 g/mol. The predicted octanol–water partition coefficient (Wildman–Crippen LogP) is 3.59. The molecule has 0 aromatic heterocycles. The maximum Gasteiger partial charge on any atom is 0.313 e. The minimum atomic E-state index is -0.834. The van der Waals surface area contributed by atoms with Crippen molar-refractivity contribution in [3.8, 4) is 11.5 Å². The Balaban J connectivity index is 1.87. The van der Waals surface area contributed by atoms with Crippen molar-refractivity contribution in [1.29, 1.82) is 0 Å². The van der Waals surface area contributed by atoms with Gasteiger partial charge in [-0.15, -0.1) is 11.8 Å². The van der Waals surface area contributed by atoms with Crippen LogP contribution in [0.5, 0.6) is 11.5 Å². The zero-order valence-corrected chi connectivity index (χ0v) is 16.2. The van der Waals surface area contributed by atoms with Gasteiger partial charge in [0.2, 0.25) is 5.91 Å². The van der Waals surface area contributed by atoms with Gasteiger partial charge in [-0.05, 0) is 41.8 Å². The summed E-state index contributed by atoms with van der Waals surface area (Å²) in [5.74, 6) is 1.02. The van der Waals surface area contributed by atoms with Crippen LogP contribution >= 0.6 is 11.8 Å². The fourth-order valence-corrected chi connectivity index (χ4v) is 3.20. The number of amides is 1. The molecular weight excluding hydrogens is 366 g/mol. The number of hydrogen-bond acceptors (Lipinski definition) is 5. The molecule has 1 amide bonds. The minimum absolute atomic E-state index is 0.0575. The fraction of sp³-hybridized carbons (Fsp3) is 0.300. The molecule has 0 spiro atoms. The van der Waals surface area contributed by atoms with E-state index in [1.54, 1.807) is 14.2 Å². The summed E-state index contributed by atoms with van der Waals surface area (Å²) in [6.45, 7) is 0. The van der Waals surface area contributed by atoms with Crippen molar-refractivity contribution in [1.82, 2.24) is 0 Å². The van der Waals surface area contributed by atoms with Crippen LogP contribution in [0, 0.1) is 0 Å². The van der Waals surface area contributed by atoms with E-state index in [0.29, 0.717) is 35.8 Å². The zero-order chi connectivity index (χ0) is 19.6. The topological polar surface area (TPSA) is 84.9 Å². The van der Waals surface area contributed by atoms with Crippen LogP contribution in [0.4, 0.5) is 5.69 Å². The molecule has 0 aliphatic heterocycles. The van der Waals surface area contributed by atoms with E-state index in [0.717, 1.165) is 11.1 Å².